The monoisotopic (exact) mass is 298 g/mol. The highest BCUT2D eigenvalue weighted by atomic mass is 16.4. The molecular weight excluding hydrogens is 272 g/mol. The number of carboxylic acid groups (broad SMARTS) is 1. The highest BCUT2D eigenvalue weighted by molar-refractivity contribution is 5.96. The SMILES string of the molecule is CC1(C)CCCN(C(=O)NC(=O)CC(C)(C)C(=O)O)CC1. The fourth-order valence-corrected chi connectivity index (χ4v) is 2.35. The molecule has 21 heavy (non-hydrogen) atoms. The molecule has 0 radical (unpaired) electrons. The van der Waals surface area contributed by atoms with Crippen LogP contribution in [-0.4, -0.2) is 41.0 Å². The number of hydrogen-bond acceptors (Lipinski definition) is 3. The molecule has 0 aromatic carbocycles. The van der Waals surface area contributed by atoms with Gasteiger partial charge in [0.2, 0.25) is 5.91 Å². The van der Waals surface area contributed by atoms with Crippen molar-refractivity contribution >= 4 is 17.9 Å². The van der Waals surface area contributed by atoms with Gasteiger partial charge in [-0.2, -0.15) is 0 Å². The van der Waals surface area contributed by atoms with Crippen molar-refractivity contribution in [2.45, 2.75) is 53.4 Å². The molecule has 0 spiro atoms. The number of rotatable bonds is 3. The summed E-state index contributed by atoms with van der Waals surface area (Å²) in [7, 11) is 0. The molecule has 3 amide bonds. The first kappa shape index (κ1) is 17.5. The molecule has 0 saturated carbocycles. The average molecular weight is 298 g/mol. The first-order valence-corrected chi connectivity index (χ1v) is 7.36. The van der Waals surface area contributed by atoms with Crippen LogP contribution in [0, 0.1) is 10.8 Å². The van der Waals surface area contributed by atoms with Crippen LogP contribution in [-0.2, 0) is 9.59 Å². The summed E-state index contributed by atoms with van der Waals surface area (Å²) in [5.41, 5.74) is -0.963. The normalized spacial score (nSPS) is 18.8. The van der Waals surface area contributed by atoms with E-state index in [1.165, 1.54) is 13.8 Å². The molecule has 6 nitrogen and oxygen atoms in total. The zero-order valence-corrected chi connectivity index (χ0v) is 13.4. The van der Waals surface area contributed by atoms with Crippen molar-refractivity contribution in [3.63, 3.8) is 0 Å². The Bertz CT molecular complexity index is 429. The second-order valence-electron chi connectivity index (χ2n) is 7.22. The molecule has 120 valence electrons. The smallest absolute Gasteiger partial charge is 0.324 e. The molecule has 1 aliphatic heterocycles. The van der Waals surface area contributed by atoms with Crippen LogP contribution in [0.15, 0.2) is 0 Å². The Balaban J connectivity index is 2.53. The van der Waals surface area contributed by atoms with E-state index in [2.05, 4.69) is 19.2 Å². The summed E-state index contributed by atoms with van der Waals surface area (Å²) >= 11 is 0. The Hall–Kier alpha value is -1.59. The number of imide groups is 1. The van der Waals surface area contributed by atoms with E-state index in [4.69, 9.17) is 5.11 Å². The van der Waals surface area contributed by atoms with E-state index in [9.17, 15) is 14.4 Å². The van der Waals surface area contributed by atoms with Gasteiger partial charge in [0.15, 0.2) is 0 Å². The Labute approximate surface area is 125 Å². The summed E-state index contributed by atoms with van der Waals surface area (Å²) in [5.74, 6) is -1.60. The summed E-state index contributed by atoms with van der Waals surface area (Å²) in [4.78, 5) is 36.5. The van der Waals surface area contributed by atoms with Gasteiger partial charge in [0.1, 0.15) is 0 Å². The van der Waals surface area contributed by atoms with Gasteiger partial charge in [0.25, 0.3) is 0 Å². The maximum atomic E-state index is 12.1. The molecule has 6 heteroatoms. The molecule has 1 rings (SSSR count). The molecule has 0 aromatic heterocycles. The molecule has 2 N–H and O–H groups in total. The number of likely N-dealkylation sites (tertiary alicyclic amines) is 1. The number of carbonyl (C=O) groups excluding carboxylic acids is 2. The van der Waals surface area contributed by atoms with Crippen LogP contribution in [0.5, 0.6) is 0 Å². The zero-order valence-electron chi connectivity index (χ0n) is 13.4. The van der Waals surface area contributed by atoms with Crippen LogP contribution in [0.25, 0.3) is 0 Å². The van der Waals surface area contributed by atoms with Crippen molar-refractivity contribution in [2.75, 3.05) is 13.1 Å². The lowest BCUT2D eigenvalue weighted by Gasteiger charge is -2.24. The summed E-state index contributed by atoms with van der Waals surface area (Å²) in [5, 5.41) is 11.3. The van der Waals surface area contributed by atoms with Crippen molar-refractivity contribution in [1.82, 2.24) is 10.2 Å². The van der Waals surface area contributed by atoms with E-state index in [0.29, 0.717) is 13.1 Å². The third-order valence-corrected chi connectivity index (χ3v) is 4.06. The summed E-state index contributed by atoms with van der Waals surface area (Å²) in [6, 6.07) is -0.418. The largest absolute Gasteiger partial charge is 0.481 e. The van der Waals surface area contributed by atoms with Gasteiger partial charge in [-0.15, -0.1) is 0 Å². The van der Waals surface area contributed by atoms with E-state index in [1.54, 1.807) is 4.90 Å². The fourth-order valence-electron chi connectivity index (χ4n) is 2.35. The molecule has 0 bridgehead atoms. The van der Waals surface area contributed by atoms with Crippen LogP contribution >= 0.6 is 0 Å². The summed E-state index contributed by atoms with van der Waals surface area (Å²) in [6.45, 7) is 8.53. The van der Waals surface area contributed by atoms with E-state index < -0.39 is 23.3 Å². The number of hydrogen-bond donors (Lipinski definition) is 2. The van der Waals surface area contributed by atoms with Crippen molar-refractivity contribution in [2.24, 2.45) is 10.8 Å². The third-order valence-electron chi connectivity index (χ3n) is 4.06. The maximum Gasteiger partial charge on any atom is 0.324 e. The van der Waals surface area contributed by atoms with Crippen LogP contribution in [0.3, 0.4) is 0 Å². The first-order valence-electron chi connectivity index (χ1n) is 7.36. The lowest BCUT2D eigenvalue weighted by molar-refractivity contribution is -0.149. The second kappa shape index (κ2) is 6.45. The number of amides is 3. The van der Waals surface area contributed by atoms with Crippen LogP contribution < -0.4 is 5.32 Å². The lowest BCUT2D eigenvalue weighted by atomic mass is 9.85. The molecule has 1 aliphatic rings. The lowest BCUT2D eigenvalue weighted by Crippen LogP contribution is -2.45. The third kappa shape index (κ3) is 5.36. The Morgan fingerprint density at radius 1 is 1.19 bits per heavy atom. The van der Waals surface area contributed by atoms with E-state index in [-0.39, 0.29) is 11.8 Å². The standard InChI is InChI=1S/C15H26N2O4/c1-14(2)6-5-8-17(9-7-14)13(21)16-11(18)10-15(3,4)12(19)20/h5-10H2,1-4H3,(H,19,20)(H,16,18,21). The van der Waals surface area contributed by atoms with E-state index >= 15 is 0 Å². The molecule has 1 heterocycles. The van der Waals surface area contributed by atoms with Crippen molar-refractivity contribution < 1.29 is 19.5 Å². The molecule has 0 unspecified atom stereocenters. The average Bonchev–Trinajstić information content (AvgIpc) is 2.49. The number of aliphatic carboxylic acids is 1. The van der Waals surface area contributed by atoms with Crippen molar-refractivity contribution in [3.8, 4) is 0 Å². The van der Waals surface area contributed by atoms with Crippen molar-refractivity contribution in [3.05, 3.63) is 0 Å². The van der Waals surface area contributed by atoms with E-state index in [0.717, 1.165) is 19.3 Å². The molecule has 0 atom stereocenters. The number of nitrogens with zero attached hydrogens (tertiary/aromatic N) is 1. The molecule has 1 saturated heterocycles. The fraction of sp³-hybridized carbons (Fsp3) is 0.800. The van der Waals surface area contributed by atoms with Gasteiger partial charge >= 0.3 is 12.0 Å². The predicted molar refractivity (Wildman–Crippen MR) is 78.8 cm³/mol. The predicted octanol–water partition coefficient (Wildman–Crippen LogP) is 2.24. The van der Waals surface area contributed by atoms with Crippen LogP contribution in [0.1, 0.15) is 53.4 Å². The minimum absolute atomic E-state index is 0.213. The van der Waals surface area contributed by atoms with Crippen LogP contribution in [0.4, 0.5) is 4.79 Å². The van der Waals surface area contributed by atoms with Crippen LogP contribution in [0.2, 0.25) is 0 Å². The van der Waals surface area contributed by atoms with E-state index in [1.807, 2.05) is 0 Å². The van der Waals surface area contributed by atoms with Gasteiger partial charge in [-0.25, -0.2) is 4.79 Å². The molecule has 0 aliphatic carbocycles. The minimum atomic E-state index is -1.18. The van der Waals surface area contributed by atoms with Gasteiger partial charge in [-0.05, 0) is 38.5 Å². The molecular formula is C15H26N2O4. The highest BCUT2D eigenvalue weighted by Gasteiger charge is 2.32. The number of nitrogens with one attached hydrogen (secondary N) is 1. The molecule has 1 fully saturated rings. The van der Waals surface area contributed by atoms with Gasteiger partial charge in [-0.1, -0.05) is 13.8 Å². The topological polar surface area (TPSA) is 86.7 Å². The highest BCUT2D eigenvalue weighted by Crippen LogP contribution is 2.29. The zero-order chi connectivity index (χ0) is 16.3. The number of urea groups is 1. The quantitative estimate of drug-likeness (QED) is 0.836. The minimum Gasteiger partial charge on any atom is -0.481 e. The number of carboxylic acids is 1. The van der Waals surface area contributed by atoms with Gasteiger partial charge in [-0.3, -0.25) is 14.9 Å². The second-order valence-corrected chi connectivity index (χ2v) is 7.22. The summed E-state index contributed by atoms with van der Waals surface area (Å²) in [6.07, 6.45) is 2.65. The Morgan fingerprint density at radius 3 is 2.38 bits per heavy atom. The van der Waals surface area contributed by atoms with Gasteiger partial charge in [0, 0.05) is 19.5 Å². The molecule has 0 aromatic rings. The number of carbonyl (C=O) groups is 3. The summed E-state index contributed by atoms with van der Waals surface area (Å²) < 4.78 is 0. The first-order chi connectivity index (χ1) is 9.53. The Morgan fingerprint density at radius 2 is 1.81 bits per heavy atom. The maximum absolute atomic E-state index is 12.1. The van der Waals surface area contributed by atoms with Gasteiger partial charge in [0.05, 0.1) is 5.41 Å². The van der Waals surface area contributed by atoms with Gasteiger partial charge < -0.3 is 10.0 Å². The van der Waals surface area contributed by atoms with Crippen molar-refractivity contribution in [1.29, 1.82) is 0 Å². The Kier molecular flexibility index (Phi) is 5.36.